The van der Waals surface area contributed by atoms with Gasteiger partial charge >= 0.3 is 5.97 Å². The van der Waals surface area contributed by atoms with Gasteiger partial charge in [0.05, 0.1) is 5.56 Å². The molecule has 0 spiro atoms. The maximum Gasteiger partial charge on any atom is 0.344 e. The van der Waals surface area contributed by atoms with Crippen LogP contribution in [0.1, 0.15) is 21.5 Å². The van der Waals surface area contributed by atoms with Gasteiger partial charge in [0.2, 0.25) is 0 Å². The zero-order valence-electron chi connectivity index (χ0n) is 8.96. The molecule has 0 N–H and O–H groups in total. The van der Waals surface area contributed by atoms with Crippen LogP contribution in [-0.2, 0) is 4.74 Å². The van der Waals surface area contributed by atoms with E-state index in [1.54, 1.807) is 18.5 Å². The monoisotopic (exact) mass is 223 g/mol. The molecule has 1 aliphatic rings. The van der Waals surface area contributed by atoms with Gasteiger partial charge in [-0.15, -0.1) is 0 Å². The predicted octanol–water partition coefficient (Wildman–Crippen LogP) is 2.75. The first-order chi connectivity index (χ1) is 8.34. The fourth-order valence-corrected chi connectivity index (χ4v) is 1.81. The number of carbonyl (C=O) groups excluding carboxylic acids is 1. The van der Waals surface area contributed by atoms with Crippen molar-refractivity contribution in [3.8, 4) is 0 Å². The Morgan fingerprint density at radius 2 is 1.88 bits per heavy atom. The smallest absolute Gasteiger partial charge is 0.344 e. The van der Waals surface area contributed by atoms with Crippen molar-refractivity contribution in [2.75, 3.05) is 0 Å². The summed E-state index contributed by atoms with van der Waals surface area (Å²) in [7, 11) is 0. The first-order valence-electron chi connectivity index (χ1n) is 5.28. The summed E-state index contributed by atoms with van der Waals surface area (Å²) in [6.45, 7) is 0. The van der Waals surface area contributed by atoms with Crippen molar-refractivity contribution in [2.24, 2.45) is 0 Å². The maximum atomic E-state index is 11.6. The van der Waals surface area contributed by atoms with Crippen molar-refractivity contribution in [3.05, 3.63) is 65.5 Å². The fraction of sp³-hybridized carbons (Fsp3) is 0. The molecule has 3 nitrogen and oxygen atoms in total. The molecule has 3 heteroatoms. The molecular weight excluding hydrogens is 214 g/mol. The number of carbonyl (C=O) groups is 1. The van der Waals surface area contributed by atoms with Crippen molar-refractivity contribution < 1.29 is 9.53 Å². The molecule has 0 saturated carbocycles. The molecule has 0 fully saturated rings. The molecule has 1 aromatic carbocycles. The second-order valence-corrected chi connectivity index (χ2v) is 3.73. The van der Waals surface area contributed by atoms with Crippen molar-refractivity contribution in [1.29, 1.82) is 0 Å². The summed E-state index contributed by atoms with van der Waals surface area (Å²) >= 11 is 0. The highest BCUT2D eigenvalue weighted by atomic mass is 16.5. The van der Waals surface area contributed by atoms with Crippen molar-refractivity contribution >= 4 is 17.8 Å². The molecule has 0 unspecified atom stereocenters. The summed E-state index contributed by atoms with van der Waals surface area (Å²) in [5, 5.41) is 0. The number of esters is 1. The second-order valence-electron chi connectivity index (χ2n) is 3.73. The van der Waals surface area contributed by atoms with Crippen LogP contribution >= 0.6 is 0 Å². The van der Waals surface area contributed by atoms with E-state index in [2.05, 4.69) is 4.98 Å². The zero-order valence-corrected chi connectivity index (χ0v) is 8.96. The zero-order chi connectivity index (χ0) is 11.7. The quantitative estimate of drug-likeness (QED) is 0.698. The lowest BCUT2D eigenvalue weighted by atomic mass is 10.1. The van der Waals surface area contributed by atoms with E-state index < -0.39 is 0 Å². The molecule has 0 saturated heterocycles. The van der Waals surface area contributed by atoms with Gasteiger partial charge in [-0.05, 0) is 23.8 Å². The minimum Gasteiger partial charge on any atom is -0.422 e. The molecule has 0 bridgehead atoms. The molecule has 0 aliphatic carbocycles. The van der Waals surface area contributed by atoms with Gasteiger partial charge in [-0.1, -0.05) is 24.3 Å². The molecule has 3 rings (SSSR count). The van der Waals surface area contributed by atoms with E-state index in [0.717, 1.165) is 11.1 Å². The van der Waals surface area contributed by atoms with Crippen LogP contribution in [0.3, 0.4) is 0 Å². The van der Waals surface area contributed by atoms with Crippen LogP contribution in [0.15, 0.2) is 48.8 Å². The number of hydrogen-bond donors (Lipinski definition) is 0. The van der Waals surface area contributed by atoms with E-state index in [9.17, 15) is 4.79 Å². The first kappa shape index (κ1) is 9.78. The summed E-state index contributed by atoms with van der Waals surface area (Å²) in [4.78, 5) is 15.6. The number of pyridine rings is 1. The molecule has 0 amide bonds. The molecule has 1 aromatic heterocycles. The molecule has 2 aromatic rings. The number of fused-ring (bicyclic) bond motifs is 1. The molecule has 0 radical (unpaired) electrons. The van der Waals surface area contributed by atoms with Crippen molar-refractivity contribution in [3.63, 3.8) is 0 Å². The highest BCUT2D eigenvalue weighted by Crippen LogP contribution is 2.30. The number of benzene rings is 1. The van der Waals surface area contributed by atoms with Crippen LogP contribution in [0.5, 0.6) is 0 Å². The van der Waals surface area contributed by atoms with Crippen molar-refractivity contribution in [2.45, 2.75) is 0 Å². The highest BCUT2D eigenvalue weighted by molar-refractivity contribution is 6.05. The van der Waals surface area contributed by atoms with Gasteiger partial charge in [0, 0.05) is 18.0 Å². The van der Waals surface area contributed by atoms with Gasteiger partial charge < -0.3 is 4.74 Å². The Labute approximate surface area is 98.4 Å². The van der Waals surface area contributed by atoms with Gasteiger partial charge in [0.25, 0.3) is 0 Å². The number of rotatable bonds is 1. The standard InChI is InChI=1S/C14H9NO2/c16-14-12-6-2-1-5-11(12)13(17-14)8-10-4-3-7-15-9-10/h1-9H. The lowest BCUT2D eigenvalue weighted by Gasteiger charge is -1.98. The Morgan fingerprint density at radius 3 is 2.65 bits per heavy atom. The number of hydrogen-bond acceptors (Lipinski definition) is 3. The maximum absolute atomic E-state index is 11.6. The Morgan fingerprint density at radius 1 is 1.06 bits per heavy atom. The van der Waals surface area contributed by atoms with Gasteiger partial charge in [-0.3, -0.25) is 4.98 Å². The molecular formula is C14H9NO2. The summed E-state index contributed by atoms with van der Waals surface area (Å²) in [5.41, 5.74) is 2.36. The Bertz CT molecular complexity index is 603. The number of ether oxygens (including phenoxy) is 1. The van der Waals surface area contributed by atoms with Gasteiger partial charge in [-0.25, -0.2) is 4.79 Å². The Balaban J connectivity index is 2.08. The topological polar surface area (TPSA) is 39.2 Å². The van der Waals surface area contributed by atoms with Gasteiger partial charge in [0.15, 0.2) is 0 Å². The van der Waals surface area contributed by atoms with Crippen LogP contribution in [-0.4, -0.2) is 11.0 Å². The Kier molecular flexibility index (Phi) is 2.22. The van der Waals surface area contributed by atoms with Gasteiger partial charge in [-0.2, -0.15) is 0 Å². The first-order valence-corrected chi connectivity index (χ1v) is 5.28. The summed E-state index contributed by atoms with van der Waals surface area (Å²) in [6.07, 6.45) is 5.25. The van der Waals surface area contributed by atoms with Crippen LogP contribution in [0.25, 0.3) is 11.8 Å². The average Bonchev–Trinajstić information content (AvgIpc) is 2.69. The summed E-state index contributed by atoms with van der Waals surface area (Å²) in [6, 6.07) is 11.1. The molecule has 1 aliphatic heterocycles. The Hall–Kier alpha value is -2.42. The minimum absolute atomic E-state index is 0.296. The predicted molar refractivity (Wildman–Crippen MR) is 64.0 cm³/mol. The second kappa shape index (κ2) is 3.87. The van der Waals surface area contributed by atoms with E-state index in [4.69, 9.17) is 4.74 Å². The lowest BCUT2D eigenvalue weighted by molar-refractivity contribution is 0.0717. The van der Waals surface area contributed by atoms with Gasteiger partial charge in [0.1, 0.15) is 5.76 Å². The largest absolute Gasteiger partial charge is 0.422 e. The molecule has 82 valence electrons. The normalized spacial score (nSPS) is 15.8. The number of aromatic nitrogens is 1. The molecule has 0 atom stereocenters. The third-order valence-corrected chi connectivity index (χ3v) is 2.60. The van der Waals surface area contributed by atoms with E-state index in [-0.39, 0.29) is 5.97 Å². The van der Waals surface area contributed by atoms with Crippen molar-refractivity contribution in [1.82, 2.24) is 4.98 Å². The third-order valence-electron chi connectivity index (χ3n) is 2.60. The van der Waals surface area contributed by atoms with Crippen LogP contribution in [0.2, 0.25) is 0 Å². The lowest BCUT2D eigenvalue weighted by Crippen LogP contribution is -1.92. The number of cyclic esters (lactones) is 1. The average molecular weight is 223 g/mol. The highest BCUT2D eigenvalue weighted by Gasteiger charge is 2.25. The van der Waals surface area contributed by atoms with Crippen LogP contribution in [0, 0.1) is 0 Å². The van der Waals surface area contributed by atoms with Crippen LogP contribution < -0.4 is 0 Å². The molecule has 2 heterocycles. The summed E-state index contributed by atoms with van der Waals surface area (Å²) < 4.78 is 5.23. The van der Waals surface area contributed by atoms with E-state index in [0.29, 0.717) is 11.3 Å². The molecule has 17 heavy (non-hydrogen) atoms. The van der Waals surface area contributed by atoms with E-state index >= 15 is 0 Å². The number of nitrogens with zero attached hydrogens (tertiary/aromatic N) is 1. The van der Waals surface area contributed by atoms with E-state index in [1.807, 2.05) is 36.4 Å². The SMILES string of the molecule is O=C1OC(=Cc2cccnc2)c2ccccc21. The van der Waals surface area contributed by atoms with E-state index in [1.165, 1.54) is 0 Å². The third kappa shape index (κ3) is 1.72. The van der Waals surface area contributed by atoms with Crippen LogP contribution in [0.4, 0.5) is 0 Å². The fourth-order valence-electron chi connectivity index (χ4n) is 1.81. The summed E-state index contributed by atoms with van der Waals surface area (Å²) in [5.74, 6) is 0.286. The minimum atomic E-state index is -0.296.